The van der Waals surface area contributed by atoms with Gasteiger partial charge in [-0.25, -0.2) is 0 Å². The zero-order valence-electron chi connectivity index (χ0n) is 22.9. The number of amides is 1. The highest BCUT2D eigenvalue weighted by Crippen LogP contribution is 2.54. The van der Waals surface area contributed by atoms with E-state index in [-0.39, 0.29) is 42.8 Å². The lowest BCUT2D eigenvalue weighted by Crippen LogP contribution is -2.62. The fourth-order valence-electron chi connectivity index (χ4n) is 6.48. The van der Waals surface area contributed by atoms with Crippen LogP contribution < -0.4 is 14.8 Å². The molecule has 2 aromatic rings. The second kappa shape index (κ2) is 11.7. The topological polar surface area (TPSA) is 197 Å². The summed E-state index contributed by atoms with van der Waals surface area (Å²) in [5, 5.41) is 54.1. The van der Waals surface area contributed by atoms with Gasteiger partial charge >= 0.3 is 5.97 Å². The summed E-state index contributed by atoms with van der Waals surface area (Å²) in [5.74, 6) is -0.409. The number of aliphatic hydroxyl groups excluding tert-OH is 4. The van der Waals surface area contributed by atoms with E-state index in [0.717, 1.165) is 31.2 Å². The van der Waals surface area contributed by atoms with Gasteiger partial charge in [0.05, 0.1) is 25.4 Å². The van der Waals surface area contributed by atoms with Gasteiger partial charge in [-0.15, -0.1) is 0 Å². The predicted octanol–water partition coefficient (Wildman–Crippen LogP) is 0.208. The zero-order valence-corrected chi connectivity index (χ0v) is 22.9. The van der Waals surface area contributed by atoms with Gasteiger partial charge < -0.3 is 54.2 Å². The summed E-state index contributed by atoms with van der Waals surface area (Å²) in [5.41, 5.74) is 1.05. The predicted molar refractivity (Wildman–Crippen MR) is 140 cm³/mol. The van der Waals surface area contributed by atoms with Crippen molar-refractivity contribution in [2.75, 3.05) is 20.3 Å². The van der Waals surface area contributed by atoms with E-state index in [2.05, 4.69) is 5.32 Å². The Labute approximate surface area is 235 Å². The Kier molecular flexibility index (Phi) is 8.46. The molecular weight excluding hydrogens is 542 g/mol. The lowest BCUT2D eigenvalue weighted by molar-refractivity contribution is -0.310. The van der Waals surface area contributed by atoms with Gasteiger partial charge in [0.1, 0.15) is 24.4 Å². The molecule has 1 aliphatic carbocycles. The van der Waals surface area contributed by atoms with Crippen molar-refractivity contribution in [1.82, 2.24) is 5.32 Å². The molecule has 13 heteroatoms. The van der Waals surface area contributed by atoms with Crippen LogP contribution in [0.15, 0.2) is 16.7 Å². The number of rotatable bonds is 9. The van der Waals surface area contributed by atoms with Gasteiger partial charge in [-0.2, -0.15) is 0 Å². The van der Waals surface area contributed by atoms with E-state index >= 15 is 0 Å². The van der Waals surface area contributed by atoms with Gasteiger partial charge in [-0.3, -0.25) is 9.59 Å². The van der Waals surface area contributed by atoms with E-state index in [1.165, 1.54) is 7.11 Å². The van der Waals surface area contributed by atoms with E-state index in [9.17, 15) is 35.1 Å². The molecule has 6 atom stereocenters. The average molecular weight is 580 g/mol. The van der Waals surface area contributed by atoms with Gasteiger partial charge in [0, 0.05) is 29.8 Å². The summed E-state index contributed by atoms with van der Waals surface area (Å²) in [6, 6.07) is 1.77. The Balaban J connectivity index is 1.58. The molecule has 2 aliphatic heterocycles. The van der Waals surface area contributed by atoms with Crippen molar-refractivity contribution in [1.29, 1.82) is 0 Å². The van der Waals surface area contributed by atoms with Gasteiger partial charge in [-0.1, -0.05) is 12.8 Å². The third kappa shape index (κ3) is 5.15. The molecule has 3 fully saturated rings. The smallest absolute Gasteiger partial charge is 0.306 e. The Morgan fingerprint density at radius 2 is 1.88 bits per heavy atom. The van der Waals surface area contributed by atoms with Crippen molar-refractivity contribution in [3.8, 4) is 11.5 Å². The maximum absolute atomic E-state index is 13.0. The summed E-state index contributed by atoms with van der Waals surface area (Å²) in [4.78, 5) is 25.2. The number of ether oxygens (including phenoxy) is 4. The Morgan fingerprint density at radius 3 is 2.54 bits per heavy atom. The van der Waals surface area contributed by atoms with Crippen LogP contribution in [0.1, 0.15) is 56.1 Å². The van der Waals surface area contributed by atoms with Gasteiger partial charge in [0.15, 0.2) is 17.6 Å². The Morgan fingerprint density at radius 1 is 1.15 bits per heavy atom. The monoisotopic (exact) mass is 579 g/mol. The van der Waals surface area contributed by atoms with Crippen molar-refractivity contribution in [2.24, 2.45) is 5.41 Å². The number of carbonyl (C=O) groups is 2. The highest BCUT2D eigenvalue weighted by Gasteiger charge is 2.53. The maximum Gasteiger partial charge on any atom is 0.306 e. The molecule has 226 valence electrons. The van der Waals surface area contributed by atoms with E-state index in [1.54, 1.807) is 19.3 Å². The minimum Gasteiger partial charge on any atom is -0.490 e. The van der Waals surface area contributed by atoms with Crippen molar-refractivity contribution >= 4 is 22.8 Å². The molecule has 5 rings (SSSR count). The summed E-state index contributed by atoms with van der Waals surface area (Å²) >= 11 is 0. The molecule has 0 radical (unpaired) electrons. The second-order valence-corrected chi connectivity index (χ2v) is 10.9. The van der Waals surface area contributed by atoms with Crippen molar-refractivity contribution in [2.45, 2.75) is 88.4 Å². The van der Waals surface area contributed by atoms with E-state index < -0.39 is 48.4 Å². The Hall–Kier alpha value is -2.94. The summed E-state index contributed by atoms with van der Waals surface area (Å²) < 4.78 is 28.2. The molecule has 3 heterocycles. The molecule has 2 saturated heterocycles. The first kappa shape index (κ1) is 29.5. The number of carbonyl (C=O) groups excluding carboxylic acids is 2. The number of hydrogen-bond donors (Lipinski definition) is 6. The average Bonchev–Trinajstić information content (AvgIpc) is 3.67. The summed E-state index contributed by atoms with van der Waals surface area (Å²) in [6.45, 7) is 2.36. The molecule has 6 N–H and O–H groups in total. The van der Waals surface area contributed by atoms with Crippen LogP contribution >= 0.6 is 0 Å². The maximum atomic E-state index is 13.0. The van der Waals surface area contributed by atoms with Crippen LogP contribution in [0.25, 0.3) is 11.0 Å². The number of methoxy groups -OCH3 is 1. The number of aliphatic hydroxyl groups is 5. The minimum atomic E-state index is -2.18. The fourth-order valence-corrected chi connectivity index (χ4v) is 6.48. The van der Waals surface area contributed by atoms with Crippen LogP contribution in [0.4, 0.5) is 0 Å². The van der Waals surface area contributed by atoms with Crippen molar-refractivity contribution in [3.63, 3.8) is 0 Å². The second-order valence-electron chi connectivity index (χ2n) is 10.9. The minimum absolute atomic E-state index is 0.0210. The third-order valence-electron chi connectivity index (χ3n) is 8.58. The fraction of sp³-hybridized carbons (Fsp3) is 0.643. The number of nitrogens with one attached hydrogen (secondary N) is 1. The largest absolute Gasteiger partial charge is 0.490 e. The number of fused-ring (bicyclic) bond motifs is 1. The number of hydrogen-bond acceptors (Lipinski definition) is 12. The van der Waals surface area contributed by atoms with Crippen LogP contribution in [-0.2, 0) is 25.5 Å². The Bertz CT molecular complexity index is 1270. The molecule has 1 aromatic heterocycles. The van der Waals surface area contributed by atoms with Crippen LogP contribution in [0.2, 0.25) is 0 Å². The standard InChI is InChI=1S/C28H37NO12/c1-3-38-17(30)7-6-13-10-14-15(16-11-29-27(36)28(16)8-4-5-9-28)12-39-22(14)24(37-2)21(13)40-26-20(33)18(31)19(32)23(41-26)25(34)35/h10,12,16,18-20,23,25-26,31-35H,3-9,11H2,1-2H3,(H,29,36)/t16-,18+,19+,20-,23+,26-/m1/s1. The molecule has 3 aliphatic rings. The van der Waals surface area contributed by atoms with Gasteiger partial charge in [-0.05, 0) is 37.8 Å². The number of furan rings is 1. The first-order chi connectivity index (χ1) is 19.6. The number of benzene rings is 1. The molecule has 1 saturated carbocycles. The molecule has 0 bridgehead atoms. The molecule has 0 unspecified atom stereocenters. The lowest BCUT2D eigenvalue weighted by atomic mass is 9.72. The summed E-state index contributed by atoms with van der Waals surface area (Å²) in [6.07, 6.45) is -5.74. The molecule has 1 spiro atoms. The quantitative estimate of drug-likeness (QED) is 0.175. The highest BCUT2D eigenvalue weighted by molar-refractivity contribution is 5.93. The van der Waals surface area contributed by atoms with Crippen LogP contribution in [0.3, 0.4) is 0 Å². The highest BCUT2D eigenvalue weighted by atomic mass is 16.7. The van der Waals surface area contributed by atoms with Crippen LogP contribution in [-0.4, -0.2) is 94.7 Å². The van der Waals surface area contributed by atoms with Crippen molar-refractivity contribution < 1.29 is 58.5 Å². The van der Waals surface area contributed by atoms with E-state index in [4.69, 9.17) is 23.4 Å². The van der Waals surface area contributed by atoms with Crippen molar-refractivity contribution in [3.05, 3.63) is 23.5 Å². The van der Waals surface area contributed by atoms with Gasteiger partial charge in [0.25, 0.3) is 0 Å². The molecule has 1 amide bonds. The normalized spacial score (nSPS) is 29.3. The molecule has 41 heavy (non-hydrogen) atoms. The SMILES string of the molecule is CCOC(=O)CCc1cc2c([C@H]3CNC(=O)C34CCCC4)coc2c(OC)c1O[C@@H]1O[C@H](C(O)O)[C@@H](O)[C@H](O)[C@H]1O. The van der Waals surface area contributed by atoms with E-state index in [0.29, 0.717) is 23.1 Å². The summed E-state index contributed by atoms with van der Waals surface area (Å²) in [7, 11) is 1.38. The number of aryl methyl sites for hydroxylation is 1. The third-order valence-corrected chi connectivity index (χ3v) is 8.58. The van der Waals surface area contributed by atoms with Crippen LogP contribution in [0.5, 0.6) is 11.5 Å². The molecular formula is C28H37NO12. The van der Waals surface area contributed by atoms with Crippen LogP contribution in [0, 0.1) is 5.41 Å². The first-order valence-electron chi connectivity index (χ1n) is 13.9. The molecule has 13 nitrogen and oxygen atoms in total. The molecule has 1 aromatic carbocycles. The zero-order chi connectivity index (χ0) is 29.5. The first-order valence-corrected chi connectivity index (χ1v) is 13.9. The van der Waals surface area contributed by atoms with Gasteiger partial charge in [0.2, 0.25) is 17.9 Å². The van der Waals surface area contributed by atoms with E-state index in [1.807, 2.05) is 0 Å². The number of esters is 1. The lowest BCUT2D eigenvalue weighted by Gasteiger charge is -2.41.